The second-order valence-corrected chi connectivity index (χ2v) is 3.40. The summed E-state index contributed by atoms with van der Waals surface area (Å²) in [6.45, 7) is 1.05. The van der Waals surface area contributed by atoms with Crippen LogP contribution in [0.1, 0.15) is 24.5 Å². The lowest BCUT2D eigenvalue weighted by atomic mass is 10.1. The highest BCUT2D eigenvalue weighted by Gasteiger charge is 2.32. The fraction of sp³-hybridized carbons (Fsp3) is 0.400. The van der Waals surface area contributed by atoms with Crippen molar-refractivity contribution in [1.29, 1.82) is 0 Å². The van der Waals surface area contributed by atoms with Crippen LogP contribution in [-0.4, -0.2) is 6.54 Å². The Bertz CT molecular complexity index is 281. The Morgan fingerprint density at radius 1 is 1.33 bits per heavy atom. The molecule has 0 spiro atoms. The molecule has 0 radical (unpaired) electrons. The molecule has 3 rings (SSSR count). The number of anilines is 1. The maximum atomic E-state index is 5.70. The molecule has 0 N–H and O–H groups in total. The molecule has 2 bridgehead atoms. The van der Waals surface area contributed by atoms with Crippen molar-refractivity contribution in [3.8, 4) is 0 Å². The smallest absolute Gasteiger partial charge is 0.113 e. The van der Waals surface area contributed by atoms with Crippen molar-refractivity contribution in [2.75, 3.05) is 11.6 Å². The number of fused-ring (bicyclic) bond motifs is 5. The molecule has 2 aliphatic rings. The molecule has 1 atom stereocenters. The summed E-state index contributed by atoms with van der Waals surface area (Å²) in [7, 11) is 0. The highest BCUT2D eigenvalue weighted by Crippen LogP contribution is 2.42. The van der Waals surface area contributed by atoms with Gasteiger partial charge in [-0.05, 0) is 18.9 Å². The molecule has 2 aliphatic heterocycles. The average Bonchev–Trinajstić information content (AvgIpc) is 2.41. The Hall–Kier alpha value is -1.02. The van der Waals surface area contributed by atoms with Crippen LogP contribution in [0.15, 0.2) is 24.3 Å². The summed E-state index contributed by atoms with van der Waals surface area (Å²) in [6.07, 6.45) is 2.77. The number of hydroxylamine groups is 1. The summed E-state index contributed by atoms with van der Waals surface area (Å²) >= 11 is 0. The van der Waals surface area contributed by atoms with Gasteiger partial charge in [-0.2, -0.15) is 0 Å². The number of benzene rings is 1. The Morgan fingerprint density at radius 3 is 3.25 bits per heavy atom. The molecule has 1 aromatic carbocycles. The number of hydrogen-bond donors (Lipinski definition) is 0. The summed E-state index contributed by atoms with van der Waals surface area (Å²) in [5.74, 6) is 0. The van der Waals surface area contributed by atoms with Crippen LogP contribution in [0.2, 0.25) is 0 Å². The first kappa shape index (κ1) is 6.49. The van der Waals surface area contributed by atoms with Gasteiger partial charge in [0.1, 0.15) is 6.10 Å². The third-order valence-corrected chi connectivity index (χ3v) is 2.63. The third-order valence-electron chi connectivity index (χ3n) is 2.63. The van der Waals surface area contributed by atoms with E-state index in [1.54, 1.807) is 0 Å². The average molecular weight is 161 g/mol. The molecule has 0 saturated carbocycles. The maximum Gasteiger partial charge on any atom is 0.113 e. The first-order chi connectivity index (χ1) is 5.95. The molecule has 0 aliphatic carbocycles. The van der Waals surface area contributed by atoms with Crippen LogP contribution in [0.5, 0.6) is 0 Å². The zero-order valence-corrected chi connectivity index (χ0v) is 6.86. The second kappa shape index (κ2) is 2.23. The van der Waals surface area contributed by atoms with E-state index in [1.165, 1.54) is 24.1 Å². The molecule has 0 aromatic heterocycles. The lowest BCUT2D eigenvalue weighted by Gasteiger charge is -2.23. The van der Waals surface area contributed by atoms with E-state index in [2.05, 4.69) is 24.3 Å². The van der Waals surface area contributed by atoms with Gasteiger partial charge >= 0.3 is 0 Å². The normalized spacial score (nSPS) is 25.7. The quantitative estimate of drug-likeness (QED) is 0.578. The lowest BCUT2D eigenvalue weighted by Crippen LogP contribution is -2.24. The van der Waals surface area contributed by atoms with Crippen LogP contribution in [-0.2, 0) is 4.84 Å². The van der Waals surface area contributed by atoms with E-state index in [0.29, 0.717) is 6.10 Å². The largest absolute Gasteiger partial charge is 0.265 e. The molecule has 1 fully saturated rings. The van der Waals surface area contributed by atoms with Gasteiger partial charge in [0.05, 0.1) is 5.69 Å². The van der Waals surface area contributed by atoms with Crippen LogP contribution in [0, 0.1) is 0 Å². The highest BCUT2D eigenvalue weighted by atomic mass is 16.7. The van der Waals surface area contributed by atoms with E-state index in [-0.39, 0.29) is 0 Å². The van der Waals surface area contributed by atoms with Crippen molar-refractivity contribution in [2.45, 2.75) is 18.9 Å². The van der Waals surface area contributed by atoms with E-state index in [0.717, 1.165) is 6.54 Å². The minimum absolute atomic E-state index is 0.343. The molecule has 0 amide bonds. The lowest BCUT2D eigenvalue weighted by molar-refractivity contribution is 0.0213. The zero-order chi connectivity index (χ0) is 7.97. The fourth-order valence-electron chi connectivity index (χ4n) is 2.06. The minimum atomic E-state index is 0.343. The molecule has 2 heteroatoms. The van der Waals surface area contributed by atoms with E-state index < -0.39 is 0 Å². The van der Waals surface area contributed by atoms with Gasteiger partial charge in [0, 0.05) is 12.1 Å². The fourth-order valence-corrected chi connectivity index (χ4v) is 2.06. The van der Waals surface area contributed by atoms with Gasteiger partial charge in [0.2, 0.25) is 0 Å². The first-order valence-corrected chi connectivity index (χ1v) is 4.48. The van der Waals surface area contributed by atoms with Crippen molar-refractivity contribution in [3.63, 3.8) is 0 Å². The monoisotopic (exact) mass is 161 g/mol. The van der Waals surface area contributed by atoms with Gasteiger partial charge in [0.25, 0.3) is 0 Å². The van der Waals surface area contributed by atoms with Crippen molar-refractivity contribution in [2.24, 2.45) is 0 Å². The van der Waals surface area contributed by atoms with E-state index in [1.807, 2.05) is 5.06 Å². The molecule has 1 saturated heterocycles. The second-order valence-electron chi connectivity index (χ2n) is 3.40. The minimum Gasteiger partial charge on any atom is -0.265 e. The van der Waals surface area contributed by atoms with Crippen molar-refractivity contribution < 1.29 is 4.84 Å². The first-order valence-electron chi connectivity index (χ1n) is 4.48. The Balaban J connectivity index is 2.16. The van der Waals surface area contributed by atoms with E-state index in [9.17, 15) is 0 Å². The SMILES string of the molecule is c1ccc2c(c1)C1CCCN2O1. The van der Waals surface area contributed by atoms with Gasteiger partial charge in [-0.1, -0.05) is 18.2 Å². The van der Waals surface area contributed by atoms with Crippen molar-refractivity contribution in [1.82, 2.24) is 0 Å². The summed E-state index contributed by atoms with van der Waals surface area (Å²) in [6, 6.07) is 8.47. The van der Waals surface area contributed by atoms with Gasteiger partial charge in [0.15, 0.2) is 0 Å². The molecule has 12 heavy (non-hydrogen) atoms. The number of hydrogen-bond acceptors (Lipinski definition) is 2. The van der Waals surface area contributed by atoms with Crippen LogP contribution >= 0.6 is 0 Å². The van der Waals surface area contributed by atoms with Crippen LogP contribution in [0.25, 0.3) is 0 Å². The number of para-hydroxylation sites is 1. The van der Waals surface area contributed by atoms with Gasteiger partial charge in [-0.25, -0.2) is 0 Å². The summed E-state index contributed by atoms with van der Waals surface area (Å²) in [5.41, 5.74) is 2.65. The highest BCUT2D eigenvalue weighted by molar-refractivity contribution is 5.56. The Labute approximate surface area is 71.7 Å². The molecule has 1 aromatic rings. The predicted molar refractivity (Wildman–Crippen MR) is 46.8 cm³/mol. The third kappa shape index (κ3) is 0.730. The summed E-state index contributed by atoms with van der Waals surface area (Å²) < 4.78 is 0. The topological polar surface area (TPSA) is 12.5 Å². The van der Waals surface area contributed by atoms with Crippen LogP contribution < -0.4 is 5.06 Å². The van der Waals surface area contributed by atoms with Crippen LogP contribution in [0.3, 0.4) is 0 Å². The van der Waals surface area contributed by atoms with Gasteiger partial charge in [-0.15, -0.1) is 0 Å². The summed E-state index contributed by atoms with van der Waals surface area (Å²) in [4.78, 5) is 5.70. The molecule has 1 unspecified atom stereocenters. The molecular formula is C10H11NO. The Morgan fingerprint density at radius 2 is 2.25 bits per heavy atom. The number of rotatable bonds is 0. The van der Waals surface area contributed by atoms with Gasteiger partial charge < -0.3 is 0 Å². The maximum absolute atomic E-state index is 5.70. The molecule has 2 heterocycles. The Kier molecular flexibility index (Phi) is 1.21. The molecule has 2 nitrogen and oxygen atoms in total. The van der Waals surface area contributed by atoms with Crippen molar-refractivity contribution >= 4 is 5.69 Å². The summed E-state index contributed by atoms with van der Waals surface area (Å²) in [5, 5.41) is 2.03. The number of nitrogens with zero attached hydrogens (tertiary/aromatic N) is 1. The van der Waals surface area contributed by atoms with Gasteiger partial charge in [-0.3, -0.25) is 9.90 Å². The van der Waals surface area contributed by atoms with Crippen molar-refractivity contribution in [3.05, 3.63) is 29.8 Å². The standard InChI is InChI=1S/C10H11NO/c1-2-5-9-8(4-1)10-6-3-7-11(9)12-10/h1-2,4-5,10H,3,6-7H2. The van der Waals surface area contributed by atoms with E-state index in [4.69, 9.17) is 4.84 Å². The van der Waals surface area contributed by atoms with Crippen LogP contribution in [0.4, 0.5) is 5.69 Å². The predicted octanol–water partition coefficient (Wildman–Crippen LogP) is 2.27. The zero-order valence-electron chi connectivity index (χ0n) is 6.86. The van der Waals surface area contributed by atoms with E-state index >= 15 is 0 Å². The molecule has 62 valence electrons. The molecular weight excluding hydrogens is 150 g/mol.